The highest BCUT2D eigenvalue weighted by Gasteiger charge is 2.04. The molecular weight excluding hydrogens is 180 g/mol. The number of benzene rings is 1. The van der Waals surface area contributed by atoms with Crippen LogP contribution in [-0.4, -0.2) is 11.2 Å². The average molecular weight is 194 g/mol. The summed E-state index contributed by atoms with van der Waals surface area (Å²) in [6.07, 6.45) is 1.57. The quantitative estimate of drug-likeness (QED) is 0.746. The number of hydrogen-bond donors (Lipinski definition) is 1. The van der Waals surface area contributed by atoms with Gasteiger partial charge >= 0.3 is 0 Å². The fraction of sp³-hybridized carbons (Fsp3) is 0.273. The second kappa shape index (κ2) is 5.10. The molecule has 0 bridgehead atoms. The summed E-state index contributed by atoms with van der Waals surface area (Å²) in [6.45, 7) is 3.73. The first-order valence-electron chi connectivity index (χ1n) is 4.31. The third-order valence-electron chi connectivity index (χ3n) is 1.68. The van der Waals surface area contributed by atoms with Gasteiger partial charge in [0.15, 0.2) is 0 Å². The highest BCUT2D eigenvalue weighted by Crippen LogP contribution is 2.28. The number of aliphatic hydroxyl groups is 1. The molecular formula is C11H14OS. The molecule has 0 spiro atoms. The second-order valence-electron chi connectivity index (χ2n) is 2.78. The predicted octanol–water partition coefficient (Wildman–Crippen LogP) is 3.06. The zero-order valence-corrected chi connectivity index (χ0v) is 8.71. The number of aliphatic hydroxyl groups excluding tert-OH is 1. The maximum Gasteiger partial charge on any atom is 0.0820 e. The van der Waals surface area contributed by atoms with Crippen molar-refractivity contribution in [2.75, 3.05) is 0 Å². The van der Waals surface area contributed by atoms with Gasteiger partial charge in [-0.2, -0.15) is 0 Å². The largest absolute Gasteiger partial charge is 0.388 e. The summed E-state index contributed by atoms with van der Waals surface area (Å²) in [4.78, 5) is 2.16. The third kappa shape index (κ3) is 3.25. The monoisotopic (exact) mass is 194 g/mol. The van der Waals surface area contributed by atoms with Crippen LogP contribution in [0.3, 0.4) is 0 Å². The molecule has 1 rings (SSSR count). The molecule has 2 heteroatoms. The van der Waals surface area contributed by atoms with Crippen molar-refractivity contribution in [1.82, 2.24) is 0 Å². The van der Waals surface area contributed by atoms with Crippen molar-refractivity contribution in [1.29, 1.82) is 0 Å². The van der Waals surface area contributed by atoms with Gasteiger partial charge < -0.3 is 5.11 Å². The lowest BCUT2D eigenvalue weighted by molar-refractivity contribution is 0.240. The van der Waals surface area contributed by atoms with Crippen molar-refractivity contribution < 1.29 is 5.11 Å². The van der Waals surface area contributed by atoms with Crippen molar-refractivity contribution in [3.63, 3.8) is 0 Å². The van der Waals surface area contributed by atoms with Crippen LogP contribution < -0.4 is 0 Å². The predicted molar refractivity (Wildman–Crippen MR) is 57.7 cm³/mol. The van der Waals surface area contributed by atoms with Crippen LogP contribution in [0.1, 0.15) is 13.8 Å². The van der Waals surface area contributed by atoms with Gasteiger partial charge in [-0.1, -0.05) is 36.0 Å². The van der Waals surface area contributed by atoms with Gasteiger partial charge in [0, 0.05) is 9.80 Å². The van der Waals surface area contributed by atoms with Crippen LogP contribution in [0.2, 0.25) is 0 Å². The molecule has 1 atom stereocenters. The number of rotatable bonds is 3. The Morgan fingerprint density at radius 3 is 2.46 bits per heavy atom. The van der Waals surface area contributed by atoms with Crippen molar-refractivity contribution in [3.05, 3.63) is 41.3 Å². The van der Waals surface area contributed by atoms with Crippen LogP contribution >= 0.6 is 11.8 Å². The number of hydrogen-bond acceptors (Lipinski definition) is 2. The minimum absolute atomic E-state index is 0.379. The molecule has 0 heterocycles. The van der Waals surface area contributed by atoms with E-state index in [4.69, 9.17) is 0 Å². The Hall–Kier alpha value is -0.730. The lowest BCUT2D eigenvalue weighted by atomic mass is 10.3. The van der Waals surface area contributed by atoms with E-state index in [1.54, 1.807) is 18.7 Å². The first kappa shape index (κ1) is 10.4. The molecule has 0 aliphatic rings. The summed E-state index contributed by atoms with van der Waals surface area (Å²) >= 11 is 1.61. The van der Waals surface area contributed by atoms with E-state index in [1.807, 2.05) is 43.3 Å². The van der Waals surface area contributed by atoms with E-state index >= 15 is 0 Å². The molecule has 13 heavy (non-hydrogen) atoms. The molecule has 1 unspecified atom stereocenters. The molecule has 1 aromatic rings. The Kier molecular flexibility index (Phi) is 4.06. The Labute approximate surface area is 83.5 Å². The van der Waals surface area contributed by atoms with Gasteiger partial charge in [-0.25, -0.2) is 0 Å². The summed E-state index contributed by atoms with van der Waals surface area (Å²) in [5, 5.41) is 9.38. The highest BCUT2D eigenvalue weighted by molar-refractivity contribution is 8.03. The smallest absolute Gasteiger partial charge is 0.0820 e. The second-order valence-corrected chi connectivity index (χ2v) is 3.93. The standard InChI is InChI=1S/C11H14OS/c1-3-11(9(2)12)13-10-7-5-4-6-8-10/h3-9,12H,1-2H3/b11-3+. The number of thioether (sulfide) groups is 1. The molecule has 0 saturated carbocycles. The van der Waals surface area contributed by atoms with E-state index in [2.05, 4.69) is 0 Å². The summed E-state index contributed by atoms with van der Waals surface area (Å²) in [5.41, 5.74) is 0. The van der Waals surface area contributed by atoms with E-state index < -0.39 is 0 Å². The molecule has 0 amide bonds. The molecule has 1 N–H and O–H groups in total. The Bertz CT molecular complexity index is 277. The van der Waals surface area contributed by atoms with Crippen molar-refractivity contribution in [3.8, 4) is 0 Å². The topological polar surface area (TPSA) is 20.2 Å². The fourth-order valence-electron chi connectivity index (χ4n) is 1.01. The molecule has 0 fully saturated rings. The summed E-state index contributed by atoms with van der Waals surface area (Å²) in [6, 6.07) is 10.1. The Morgan fingerprint density at radius 2 is 2.00 bits per heavy atom. The average Bonchev–Trinajstić information content (AvgIpc) is 2.15. The Balaban J connectivity index is 2.69. The van der Waals surface area contributed by atoms with Gasteiger partial charge in [0.1, 0.15) is 0 Å². The van der Waals surface area contributed by atoms with E-state index in [9.17, 15) is 5.11 Å². The minimum Gasteiger partial charge on any atom is -0.388 e. The van der Waals surface area contributed by atoms with Gasteiger partial charge in [-0.3, -0.25) is 0 Å². The molecule has 1 aromatic carbocycles. The minimum atomic E-state index is -0.379. The normalized spacial score (nSPS) is 14.2. The van der Waals surface area contributed by atoms with E-state index in [-0.39, 0.29) is 6.10 Å². The first-order chi connectivity index (χ1) is 6.24. The van der Waals surface area contributed by atoms with Gasteiger partial charge in [0.2, 0.25) is 0 Å². The molecule has 0 aliphatic carbocycles. The third-order valence-corrected chi connectivity index (χ3v) is 3.00. The first-order valence-corrected chi connectivity index (χ1v) is 5.13. The lowest BCUT2D eigenvalue weighted by Gasteiger charge is -2.08. The van der Waals surface area contributed by atoms with E-state index in [0.717, 1.165) is 9.80 Å². The molecule has 0 radical (unpaired) electrons. The van der Waals surface area contributed by atoms with Crippen molar-refractivity contribution in [2.24, 2.45) is 0 Å². The van der Waals surface area contributed by atoms with Crippen molar-refractivity contribution >= 4 is 11.8 Å². The SMILES string of the molecule is C/C=C(/Sc1ccccc1)C(C)O. The Morgan fingerprint density at radius 1 is 1.38 bits per heavy atom. The summed E-state index contributed by atoms with van der Waals surface area (Å²) < 4.78 is 0. The van der Waals surface area contributed by atoms with Gasteiger partial charge in [0.05, 0.1) is 6.10 Å². The van der Waals surface area contributed by atoms with Crippen LogP contribution in [0.4, 0.5) is 0 Å². The fourth-order valence-corrected chi connectivity index (χ4v) is 1.86. The van der Waals surface area contributed by atoms with E-state index in [1.165, 1.54) is 0 Å². The van der Waals surface area contributed by atoms with Crippen LogP contribution in [0.5, 0.6) is 0 Å². The van der Waals surface area contributed by atoms with Gasteiger partial charge in [0.25, 0.3) is 0 Å². The van der Waals surface area contributed by atoms with Gasteiger partial charge in [-0.15, -0.1) is 0 Å². The molecule has 0 aromatic heterocycles. The zero-order chi connectivity index (χ0) is 9.68. The van der Waals surface area contributed by atoms with Crippen LogP contribution in [0.15, 0.2) is 46.2 Å². The molecule has 0 saturated heterocycles. The van der Waals surface area contributed by atoms with E-state index in [0.29, 0.717) is 0 Å². The van der Waals surface area contributed by atoms with Crippen LogP contribution in [-0.2, 0) is 0 Å². The van der Waals surface area contributed by atoms with Gasteiger partial charge in [-0.05, 0) is 26.0 Å². The maximum absolute atomic E-state index is 9.38. The van der Waals surface area contributed by atoms with Crippen molar-refractivity contribution in [2.45, 2.75) is 24.8 Å². The van der Waals surface area contributed by atoms with Crippen LogP contribution in [0, 0.1) is 0 Å². The zero-order valence-electron chi connectivity index (χ0n) is 7.90. The number of allylic oxidation sites excluding steroid dienone is 1. The lowest BCUT2D eigenvalue weighted by Crippen LogP contribution is -2.00. The highest BCUT2D eigenvalue weighted by atomic mass is 32.2. The molecule has 0 aliphatic heterocycles. The summed E-state index contributed by atoms with van der Waals surface area (Å²) in [5.74, 6) is 0. The summed E-state index contributed by atoms with van der Waals surface area (Å²) in [7, 11) is 0. The van der Waals surface area contributed by atoms with Crippen LogP contribution in [0.25, 0.3) is 0 Å². The molecule has 1 nitrogen and oxygen atoms in total. The molecule has 70 valence electrons. The maximum atomic E-state index is 9.38.